The maximum Gasteiger partial charge on any atom is 0.412 e. The summed E-state index contributed by atoms with van der Waals surface area (Å²) in [4.78, 5) is 75.3. The van der Waals surface area contributed by atoms with Crippen molar-refractivity contribution in [1.82, 2.24) is 29.9 Å². The number of aromatic nitrogens is 3. The number of amides is 4. The highest BCUT2D eigenvalue weighted by Crippen LogP contribution is 2.41. The molecule has 2 aromatic carbocycles. The number of thioether (sulfide) groups is 1. The lowest BCUT2D eigenvalue weighted by Crippen LogP contribution is -2.60. The van der Waals surface area contributed by atoms with Crippen molar-refractivity contribution in [2.75, 3.05) is 43.2 Å². The smallest absolute Gasteiger partial charge is 0.412 e. The zero-order valence-electron chi connectivity index (χ0n) is 35.3. The number of halogens is 5. The monoisotopic (exact) mass is 971 g/mol. The standard InChI is InChI=1S/C40H43F5N7O10PS2/c1-23-6-8-30(29-9-7-27(10-12-39(2,3)64-4)47-34(29)31(46-21-53)16-24-14-25(41)17-26(42)15-24)35-33(23)36(48-51(35)20-40(43,44)45)52(65(5)60)37(56)50-13-11-28(50)18-49(19-32(54)55)38(57)61-22-62-63(58)59/h6-9,14-15,17,21,28,31,58-59H,11,13,16,18-20,22H2,1-5H3,(H,46,53)(H,54,55). The Hall–Kier alpha value is -5.44. The quantitative estimate of drug-likeness (QED) is 0.0325. The van der Waals surface area contributed by atoms with Crippen molar-refractivity contribution >= 4 is 72.6 Å². The summed E-state index contributed by atoms with van der Waals surface area (Å²) in [7, 11) is -5.23. The molecular weight excluding hydrogens is 929 g/mol. The first-order valence-corrected chi connectivity index (χ1v) is 23.1. The normalized spacial score (nSPS) is 14.8. The molecule has 4 amide bonds. The largest absolute Gasteiger partial charge is 0.480 e. The fourth-order valence-corrected chi connectivity index (χ4v) is 7.84. The third kappa shape index (κ3) is 12.9. The molecule has 0 spiro atoms. The summed E-state index contributed by atoms with van der Waals surface area (Å²) in [6.07, 6.45) is -2.91. The van der Waals surface area contributed by atoms with Gasteiger partial charge in [-0.3, -0.25) is 23.7 Å². The summed E-state index contributed by atoms with van der Waals surface area (Å²) in [5.74, 6) is 2.37. The minimum Gasteiger partial charge on any atom is -0.480 e. The molecule has 4 N–H and O–H groups in total. The first-order valence-electron chi connectivity index (χ1n) is 19.2. The first-order chi connectivity index (χ1) is 30.5. The van der Waals surface area contributed by atoms with Gasteiger partial charge in [-0.25, -0.2) is 27.6 Å². The molecule has 25 heteroatoms. The highest BCUT2D eigenvalue weighted by Gasteiger charge is 2.41. The second-order valence-corrected chi connectivity index (χ2v) is 18.4. The number of aryl methyl sites for hydroxylation is 1. The number of fused-ring (bicyclic) bond motifs is 1. The van der Waals surface area contributed by atoms with E-state index in [-0.39, 0.29) is 63.9 Å². The van der Waals surface area contributed by atoms with Crippen molar-refractivity contribution in [2.45, 2.75) is 63.2 Å². The van der Waals surface area contributed by atoms with Gasteiger partial charge in [0.2, 0.25) is 13.2 Å². The highest BCUT2D eigenvalue weighted by atomic mass is 32.2. The van der Waals surface area contributed by atoms with Gasteiger partial charge in [0.05, 0.1) is 28.0 Å². The van der Waals surface area contributed by atoms with Crippen LogP contribution in [-0.4, -0.2) is 124 Å². The average molecular weight is 972 g/mol. The number of benzene rings is 2. The van der Waals surface area contributed by atoms with Crippen LogP contribution < -0.4 is 9.62 Å². The SMILES string of the molecule is CSC(C)(C)C#Cc1ccc(-c2ccc(C)c3c(N(C(=O)N4CCC4CN(CC(=O)O)C(=O)OCOP(O)O)S(C)=O)nn(CC(F)(F)F)c23)c(C(Cc2cc(F)cc(F)c2)NC=O)n1. The van der Waals surface area contributed by atoms with Crippen LogP contribution in [0.25, 0.3) is 22.0 Å². The van der Waals surface area contributed by atoms with Gasteiger partial charge in [0.25, 0.3) is 0 Å². The molecule has 4 aromatic rings. The van der Waals surface area contributed by atoms with Gasteiger partial charge in [-0.05, 0) is 81.2 Å². The Labute approximate surface area is 376 Å². The van der Waals surface area contributed by atoms with Crippen molar-refractivity contribution in [3.05, 3.63) is 76.6 Å². The number of anilines is 1. The number of hydrogen-bond acceptors (Lipinski definition) is 12. The number of alkyl halides is 3. The van der Waals surface area contributed by atoms with Gasteiger partial charge < -0.3 is 29.8 Å². The molecule has 2 aromatic heterocycles. The molecule has 350 valence electrons. The number of hydrogen-bond donors (Lipinski definition) is 4. The molecule has 65 heavy (non-hydrogen) atoms. The molecule has 0 bridgehead atoms. The van der Waals surface area contributed by atoms with E-state index < -0.39 is 105 Å². The van der Waals surface area contributed by atoms with Crippen molar-refractivity contribution in [2.24, 2.45) is 0 Å². The van der Waals surface area contributed by atoms with Crippen molar-refractivity contribution in [1.29, 1.82) is 0 Å². The topological polar surface area (TPSA) is 217 Å². The molecular formula is C40H43F5N7O10PS2. The van der Waals surface area contributed by atoms with Gasteiger partial charge >= 0.3 is 32.9 Å². The Morgan fingerprint density at radius 1 is 1.12 bits per heavy atom. The predicted molar refractivity (Wildman–Crippen MR) is 230 cm³/mol. The third-order valence-corrected chi connectivity index (χ3v) is 12.3. The number of ether oxygens (including phenoxy) is 1. The molecule has 1 aliphatic rings. The Morgan fingerprint density at radius 2 is 1.80 bits per heavy atom. The summed E-state index contributed by atoms with van der Waals surface area (Å²) in [6.45, 7) is 1.25. The van der Waals surface area contributed by atoms with Crippen LogP contribution in [-0.2, 0) is 42.8 Å². The summed E-state index contributed by atoms with van der Waals surface area (Å²) in [5, 5.41) is 16.3. The first kappa shape index (κ1) is 50.6. The Kier molecular flexibility index (Phi) is 16.5. The number of nitrogens with one attached hydrogen (secondary N) is 1. The lowest BCUT2D eigenvalue weighted by Gasteiger charge is -2.44. The molecule has 0 aliphatic carbocycles. The van der Waals surface area contributed by atoms with E-state index in [4.69, 9.17) is 19.5 Å². The van der Waals surface area contributed by atoms with Gasteiger partial charge in [0, 0.05) is 41.9 Å². The van der Waals surface area contributed by atoms with Crippen LogP contribution in [0.2, 0.25) is 0 Å². The Balaban J connectivity index is 1.68. The summed E-state index contributed by atoms with van der Waals surface area (Å²) in [5.41, 5.74) is 0.632. The second-order valence-electron chi connectivity index (χ2n) is 15.0. The van der Waals surface area contributed by atoms with Crippen molar-refractivity contribution < 1.29 is 69.5 Å². The van der Waals surface area contributed by atoms with E-state index in [1.165, 1.54) is 43.0 Å². The Morgan fingerprint density at radius 3 is 2.37 bits per heavy atom. The number of likely N-dealkylation sites (tertiary alicyclic amines) is 1. The van der Waals surface area contributed by atoms with E-state index in [9.17, 15) is 50.4 Å². The fourth-order valence-electron chi connectivity index (χ4n) is 6.84. The molecule has 0 radical (unpaired) electrons. The number of carboxylic acid groups (broad SMARTS) is 1. The van der Waals surface area contributed by atoms with Gasteiger partial charge in [0.15, 0.2) is 5.82 Å². The van der Waals surface area contributed by atoms with Gasteiger partial charge in [0.1, 0.15) is 41.4 Å². The van der Waals surface area contributed by atoms with Gasteiger partial charge in [-0.15, -0.1) is 11.8 Å². The summed E-state index contributed by atoms with van der Waals surface area (Å²) in [6, 6.07) is 5.70. The summed E-state index contributed by atoms with van der Waals surface area (Å²) >= 11 is 1.46. The van der Waals surface area contributed by atoms with Crippen molar-refractivity contribution in [3.63, 3.8) is 0 Å². The lowest BCUT2D eigenvalue weighted by atomic mass is 9.93. The van der Waals surface area contributed by atoms with E-state index in [2.05, 4.69) is 26.8 Å². The lowest BCUT2D eigenvalue weighted by molar-refractivity contribution is -0.142. The Bertz CT molecular complexity index is 2520. The number of nitrogens with zero attached hydrogens (tertiary/aromatic N) is 6. The number of carboxylic acids is 1. The van der Waals surface area contributed by atoms with Crippen LogP contribution in [0.3, 0.4) is 0 Å². The number of aliphatic carboxylic acids is 1. The molecule has 0 saturated carbocycles. The zero-order chi connectivity index (χ0) is 48.0. The number of pyridine rings is 1. The highest BCUT2D eigenvalue weighted by molar-refractivity contribution is 8.00. The molecule has 1 aliphatic heterocycles. The number of carbonyl (C=O) groups excluding carboxylic acids is 3. The second kappa shape index (κ2) is 21.2. The van der Waals surface area contributed by atoms with E-state index in [0.717, 1.165) is 23.3 Å². The van der Waals surface area contributed by atoms with Crippen LogP contribution in [0, 0.1) is 30.4 Å². The molecule has 5 rings (SSSR count). The molecule has 3 atom stereocenters. The minimum absolute atomic E-state index is 0.0141. The minimum atomic E-state index is -4.91. The third-order valence-electron chi connectivity index (χ3n) is 9.97. The number of urea groups is 1. The van der Waals surface area contributed by atoms with E-state index in [1.54, 1.807) is 0 Å². The average Bonchev–Trinajstić information content (AvgIpc) is 3.54. The van der Waals surface area contributed by atoms with Crippen LogP contribution in [0.4, 0.5) is 37.4 Å². The number of rotatable bonds is 17. The van der Waals surface area contributed by atoms with E-state index in [1.807, 2.05) is 20.1 Å². The van der Waals surface area contributed by atoms with Crippen LogP contribution >= 0.6 is 20.4 Å². The fraction of sp³-hybridized carbons (Fsp3) is 0.400. The molecule has 1 fully saturated rings. The summed E-state index contributed by atoms with van der Waals surface area (Å²) < 4.78 is 95.8. The van der Waals surface area contributed by atoms with Crippen LogP contribution in [0.15, 0.2) is 42.5 Å². The molecule has 3 unspecified atom stereocenters. The predicted octanol–water partition coefficient (Wildman–Crippen LogP) is 5.77. The molecule has 3 heterocycles. The molecule has 17 nitrogen and oxygen atoms in total. The zero-order valence-corrected chi connectivity index (χ0v) is 37.8. The van der Waals surface area contributed by atoms with Gasteiger partial charge in [-0.1, -0.05) is 18.1 Å². The maximum absolute atomic E-state index is 14.5. The van der Waals surface area contributed by atoms with Crippen LogP contribution in [0.5, 0.6) is 0 Å². The van der Waals surface area contributed by atoms with Crippen molar-refractivity contribution in [3.8, 4) is 23.0 Å². The van der Waals surface area contributed by atoms with E-state index >= 15 is 0 Å². The molecule has 1 saturated heterocycles. The number of carbonyl (C=O) groups is 4. The van der Waals surface area contributed by atoms with Crippen LogP contribution in [0.1, 0.15) is 48.8 Å². The van der Waals surface area contributed by atoms with Gasteiger partial charge in [-0.2, -0.15) is 22.6 Å². The van der Waals surface area contributed by atoms with E-state index in [0.29, 0.717) is 26.4 Å². The maximum atomic E-state index is 14.5.